The number of hydrogen-bond acceptors (Lipinski definition) is 2. The van der Waals surface area contributed by atoms with E-state index in [9.17, 15) is 0 Å². The van der Waals surface area contributed by atoms with E-state index in [4.69, 9.17) is 11.6 Å². The van der Waals surface area contributed by atoms with Crippen LogP contribution < -0.4 is 0 Å². The zero-order chi connectivity index (χ0) is 7.98. The van der Waals surface area contributed by atoms with Crippen LogP contribution in [0.2, 0.25) is 0 Å². The van der Waals surface area contributed by atoms with Crippen LogP contribution in [0.4, 0.5) is 0 Å². The van der Waals surface area contributed by atoms with Gasteiger partial charge in [-0.05, 0) is 6.42 Å². The van der Waals surface area contributed by atoms with Crippen LogP contribution in [-0.2, 0) is 0 Å². The normalized spacial score (nSPS) is 14.1. The third kappa shape index (κ3) is 7.10. The number of rotatable bonds is 5. The zero-order valence-electron chi connectivity index (χ0n) is 6.76. The smallest absolute Gasteiger partial charge is 0.0234 e. The lowest BCUT2D eigenvalue weighted by Gasteiger charge is -2.09. The van der Waals surface area contributed by atoms with E-state index < -0.39 is 0 Å². The maximum Gasteiger partial charge on any atom is 0.0234 e. The quantitative estimate of drug-likeness (QED) is 0.487. The highest BCUT2D eigenvalue weighted by Crippen LogP contribution is 2.31. The van der Waals surface area contributed by atoms with E-state index >= 15 is 0 Å². The van der Waals surface area contributed by atoms with Crippen LogP contribution in [0, 0.1) is 0 Å². The minimum absolute atomic E-state index is 0.699. The third-order valence-corrected chi connectivity index (χ3v) is 4.68. The summed E-state index contributed by atoms with van der Waals surface area (Å²) >= 11 is 5.59. The summed E-state index contributed by atoms with van der Waals surface area (Å²) in [6.45, 7) is 6.65. The molecule has 0 radical (unpaired) electrons. The Labute approximate surface area is 76.9 Å². The number of halogens is 1. The van der Waals surface area contributed by atoms with Gasteiger partial charge in [-0.25, -0.2) is 0 Å². The van der Waals surface area contributed by atoms with Crippen LogP contribution in [0.5, 0.6) is 0 Å². The van der Waals surface area contributed by atoms with Crippen molar-refractivity contribution in [2.45, 2.75) is 37.7 Å². The van der Waals surface area contributed by atoms with Gasteiger partial charge in [-0.15, -0.1) is 11.6 Å². The van der Waals surface area contributed by atoms with E-state index in [2.05, 4.69) is 20.8 Å². The van der Waals surface area contributed by atoms with Crippen molar-refractivity contribution in [1.29, 1.82) is 0 Å². The van der Waals surface area contributed by atoms with Crippen LogP contribution in [0.3, 0.4) is 0 Å². The van der Waals surface area contributed by atoms with E-state index in [1.807, 2.05) is 21.6 Å². The summed E-state index contributed by atoms with van der Waals surface area (Å²) in [5.74, 6) is 0.785. The van der Waals surface area contributed by atoms with Crippen LogP contribution in [0.1, 0.15) is 27.2 Å². The molecule has 0 N–H and O–H groups in total. The topological polar surface area (TPSA) is 0 Å². The molecule has 0 aromatic heterocycles. The average Bonchev–Trinajstić information content (AvgIpc) is 1.85. The molecule has 0 aliphatic carbocycles. The Morgan fingerprint density at radius 1 is 1.20 bits per heavy atom. The lowest BCUT2D eigenvalue weighted by molar-refractivity contribution is 0.918. The van der Waals surface area contributed by atoms with Crippen molar-refractivity contribution in [2.24, 2.45) is 0 Å². The lowest BCUT2D eigenvalue weighted by atomic mass is 10.4. The lowest BCUT2D eigenvalue weighted by Crippen LogP contribution is -1.95. The molecule has 1 atom stereocenters. The summed E-state index contributed by atoms with van der Waals surface area (Å²) in [6.07, 6.45) is 1.12. The van der Waals surface area contributed by atoms with E-state index in [0.717, 1.165) is 17.6 Å². The van der Waals surface area contributed by atoms with Crippen molar-refractivity contribution in [3.8, 4) is 0 Å². The second kappa shape index (κ2) is 6.68. The Morgan fingerprint density at radius 3 is 2.20 bits per heavy atom. The molecule has 0 rings (SSSR count). The van der Waals surface area contributed by atoms with Gasteiger partial charge in [-0.1, -0.05) is 42.4 Å². The van der Waals surface area contributed by atoms with E-state index in [-0.39, 0.29) is 0 Å². The van der Waals surface area contributed by atoms with Crippen molar-refractivity contribution in [2.75, 3.05) is 5.88 Å². The first kappa shape index (κ1) is 11.0. The number of hydrogen-bond donors (Lipinski definition) is 0. The van der Waals surface area contributed by atoms with Crippen molar-refractivity contribution < 1.29 is 0 Å². The molecule has 0 aromatic carbocycles. The first-order chi connectivity index (χ1) is 4.66. The van der Waals surface area contributed by atoms with E-state index in [1.165, 1.54) is 0 Å². The Bertz CT molecular complexity index is 76.0. The van der Waals surface area contributed by atoms with Crippen molar-refractivity contribution in [3.63, 3.8) is 0 Å². The Hall–Kier alpha value is 0.990. The van der Waals surface area contributed by atoms with Gasteiger partial charge in [0.05, 0.1) is 0 Å². The highest BCUT2D eigenvalue weighted by atomic mass is 35.5. The summed E-state index contributed by atoms with van der Waals surface area (Å²) in [5.41, 5.74) is 0. The summed E-state index contributed by atoms with van der Waals surface area (Å²) < 4.78 is 0. The molecule has 0 spiro atoms. The van der Waals surface area contributed by atoms with Gasteiger partial charge in [0, 0.05) is 16.4 Å². The highest BCUT2D eigenvalue weighted by Gasteiger charge is 2.02. The zero-order valence-corrected chi connectivity index (χ0v) is 9.15. The molecule has 0 unspecified atom stereocenters. The predicted molar refractivity (Wildman–Crippen MR) is 55.1 cm³/mol. The largest absolute Gasteiger partial charge is 0.127 e. The molecular weight excluding hydrogens is 184 g/mol. The minimum atomic E-state index is 0.699. The van der Waals surface area contributed by atoms with E-state index in [0.29, 0.717) is 5.25 Å². The fraction of sp³-hybridized carbons (Fsp3) is 1.00. The molecule has 0 saturated carbocycles. The standard InChI is InChI=1S/C7H15ClS2/c1-6(2)9-10-7(3)4-5-8/h6-7H,4-5H2,1-3H3/t7-/m0/s1. The second-order valence-electron chi connectivity index (χ2n) is 2.53. The monoisotopic (exact) mass is 198 g/mol. The van der Waals surface area contributed by atoms with Gasteiger partial charge in [0.25, 0.3) is 0 Å². The first-order valence-corrected chi connectivity index (χ1v) is 6.36. The van der Waals surface area contributed by atoms with Crippen LogP contribution in [0.15, 0.2) is 0 Å². The van der Waals surface area contributed by atoms with Gasteiger partial charge < -0.3 is 0 Å². The molecule has 0 saturated heterocycles. The van der Waals surface area contributed by atoms with Crippen LogP contribution in [-0.4, -0.2) is 16.4 Å². The minimum Gasteiger partial charge on any atom is -0.127 e. The predicted octanol–water partition coefficient (Wildman–Crippen LogP) is 3.79. The summed E-state index contributed by atoms with van der Waals surface area (Å²) in [6, 6.07) is 0. The van der Waals surface area contributed by atoms with Crippen molar-refractivity contribution in [1.82, 2.24) is 0 Å². The molecule has 0 aromatic rings. The average molecular weight is 199 g/mol. The second-order valence-corrected chi connectivity index (χ2v) is 6.19. The maximum absolute atomic E-state index is 5.59. The Kier molecular flexibility index (Phi) is 7.35. The molecule has 0 heterocycles. The molecular formula is C7H15ClS2. The van der Waals surface area contributed by atoms with E-state index in [1.54, 1.807) is 0 Å². The molecule has 0 nitrogen and oxygen atoms in total. The molecule has 0 fully saturated rings. The van der Waals surface area contributed by atoms with Gasteiger partial charge in [-0.2, -0.15) is 0 Å². The van der Waals surface area contributed by atoms with Crippen molar-refractivity contribution in [3.05, 3.63) is 0 Å². The highest BCUT2D eigenvalue weighted by molar-refractivity contribution is 8.77. The van der Waals surface area contributed by atoms with Gasteiger partial charge >= 0.3 is 0 Å². The SMILES string of the molecule is CC(C)SS[C@@H](C)CCCl. The molecule has 0 bridgehead atoms. The first-order valence-electron chi connectivity index (χ1n) is 3.55. The van der Waals surface area contributed by atoms with Crippen molar-refractivity contribution >= 4 is 33.2 Å². The maximum atomic E-state index is 5.59. The molecule has 3 heteroatoms. The van der Waals surface area contributed by atoms with Gasteiger partial charge in [0.1, 0.15) is 0 Å². The van der Waals surface area contributed by atoms with Gasteiger partial charge in [-0.3, -0.25) is 0 Å². The molecule has 0 aliphatic heterocycles. The van der Waals surface area contributed by atoms with Crippen LogP contribution >= 0.6 is 33.2 Å². The van der Waals surface area contributed by atoms with Gasteiger partial charge in [0.2, 0.25) is 0 Å². The Morgan fingerprint density at radius 2 is 1.80 bits per heavy atom. The summed E-state index contributed by atoms with van der Waals surface area (Å²) in [5, 5.41) is 1.42. The fourth-order valence-electron chi connectivity index (χ4n) is 0.408. The third-order valence-electron chi connectivity index (χ3n) is 0.928. The fourth-order valence-corrected chi connectivity index (χ4v) is 3.01. The molecule has 10 heavy (non-hydrogen) atoms. The molecule has 62 valence electrons. The Balaban J connectivity index is 3.12. The number of alkyl halides is 1. The van der Waals surface area contributed by atoms with Crippen LogP contribution in [0.25, 0.3) is 0 Å². The van der Waals surface area contributed by atoms with Gasteiger partial charge in [0.15, 0.2) is 0 Å². The molecule has 0 aliphatic rings. The molecule has 0 amide bonds. The summed E-state index contributed by atoms with van der Waals surface area (Å²) in [7, 11) is 3.88. The summed E-state index contributed by atoms with van der Waals surface area (Å²) in [4.78, 5) is 0.